The summed E-state index contributed by atoms with van der Waals surface area (Å²) in [5, 5.41) is 3.22. The van der Waals surface area contributed by atoms with E-state index in [1.165, 1.54) is 64.5 Å². The molecule has 0 bridgehead atoms. The summed E-state index contributed by atoms with van der Waals surface area (Å²) >= 11 is 0. The van der Waals surface area contributed by atoms with Gasteiger partial charge in [-0.15, -0.1) is 0 Å². The first-order valence-corrected chi connectivity index (χ1v) is 8.57. The van der Waals surface area contributed by atoms with Crippen LogP contribution in [0.3, 0.4) is 0 Å². The summed E-state index contributed by atoms with van der Waals surface area (Å²) < 4.78 is 0. The van der Waals surface area contributed by atoms with E-state index in [0.717, 1.165) is 13.1 Å². The molecule has 3 fully saturated rings. The highest BCUT2D eigenvalue weighted by Crippen LogP contribution is 2.21. The number of hydrogen-bond acceptors (Lipinski definition) is 3. The van der Waals surface area contributed by atoms with E-state index in [9.17, 15) is 4.79 Å². The van der Waals surface area contributed by atoms with Gasteiger partial charge in [0.2, 0.25) is 5.91 Å². The first kappa shape index (κ1) is 14.3. The van der Waals surface area contributed by atoms with Crippen molar-refractivity contribution in [3.8, 4) is 0 Å². The van der Waals surface area contributed by atoms with E-state index in [4.69, 9.17) is 0 Å². The van der Waals surface area contributed by atoms with Gasteiger partial charge in [0.25, 0.3) is 0 Å². The number of nitrogens with one attached hydrogen (secondary N) is 1. The fourth-order valence-electron chi connectivity index (χ4n) is 4.13. The lowest BCUT2D eigenvalue weighted by Crippen LogP contribution is -2.50. The van der Waals surface area contributed by atoms with Crippen LogP contribution >= 0.6 is 0 Å². The number of likely N-dealkylation sites (tertiary alicyclic amines) is 2. The van der Waals surface area contributed by atoms with Gasteiger partial charge in [-0.1, -0.05) is 12.8 Å². The van der Waals surface area contributed by atoms with E-state index in [1.807, 2.05) is 0 Å². The Morgan fingerprint density at radius 2 is 1.70 bits per heavy atom. The lowest BCUT2D eigenvalue weighted by molar-refractivity contribution is -0.123. The summed E-state index contributed by atoms with van der Waals surface area (Å²) in [5.41, 5.74) is 0. The quantitative estimate of drug-likeness (QED) is 0.849. The zero-order chi connectivity index (χ0) is 13.8. The Morgan fingerprint density at radius 3 is 2.45 bits per heavy atom. The van der Waals surface area contributed by atoms with Gasteiger partial charge in [-0.25, -0.2) is 0 Å². The first-order valence-electron chi connectivity index (χ1n) is 8.57. The lowest BCUT2D eigenvalue weighted by atomic mass is 10.0. The molecule has 1 saturated carbocycles. The van der Waals surface area contributed by atoms with Crippen molar-refractivity contribution in [3.63, 3.8) is 0 Å². The predicted octanol–water partition coefficient (Wildman–Crippen LogP) is 1.61. The van der Waals surface area contributed by atoms with E-state index in [2.05, 4.69) is 15.1 Å². The van der Waals surface area contributed by atoms with Crippen LogP contribution in [-0.4, -0.2) is 60.5 Å². The van der Waals surface area contributed by atoms with Gasteiger partial charge in [0.05, 0.1) is 6.54 Å². The molecule has 0 unspecified atom stereocenters. The maximum atomic E-state index is 12.1. The Bertz CT molecular complexity index is 322. The molecule has 3 aliphatic rings. The molecule has 1 N–H and O–H groups in total. The highest BCUT2D eigenvalue weighted by atomic mass is 16.2. The number of rotatable bonds is 4. The minimum absolute atomic E-state index is 0.249. The Kier molecular flexibility index (Phi) is 4.94. The van der Waals surface area contributed by atoms with Gasteiger partial charge in [-0.2, -0.15) is 0 Å². The maximum absolute atomic E-state index is 12.1. The van der Waals surface area contributed by atoms with E-state index in [-0.39, 0.29) is 5.91 Å². The van der Waals surface area contributed by atoms with E-state index in [0.29, 0.717) is 18.6 Å². The third-order valence-corrected chi connectivity index (χ3v) is 5.23. The number of piperidine rings is 1. The average Bonchev–Trinajstić information content (AvgIpc) is 3.11. The first-order chi connectivity index (χ1) is 9.81. The minimum atomic E-state index is 0.249. The van der Waals surface area contributed by atoms with Crippen molar-refractivity contribution in [3.05, 3.63) is 0 Å². The summed E-state index contributed by atoms with van der Waals surface area (Å²) in [6.45, 7) is 5.35. The second kappa shape index (κ2) is 6.90. The highest BCUT2D eigenvalue weighted by Gasteiger charge is 2.28. The van der Waals surface area contributed by atoms with Gasteiger partial charge in [-0.3, -0.25) is 14.6 Å². The van der Waals surface area contributed by atoms with Crippen LogP contribution in [0.15, 0.2) is 0 Å². The normalized spacial score (nSPS) is 29.9. The fraction of sp³-hybridized carbons (Fsp3) is 0.938. The van der Waals surface area contributed by atoms with Crippen LogP contribution in [0.4, 0.5) is 0 Å². The number of amides is 1. The number of carbonyl (C=O) groups is 1. The molecule has 4 heteroatoms. The largest absolute Gasteiger partial charge is 0.352 e. The van der Waals surface area contributed by atoms with Crippen LogP contribution in [0, 0.1) is 0 Å². The lowest BCUT2D eigenvalue weighted by Gasteiger charge is -2.37. The van der Waals surface area contributed by atoms with Gasteiger partial charge in [-0.05, 0) is 58.2 Å². The van der Waals surface area contributed by atoms with Gasteiger partial charge in [0.1, 0.15) is 0 Å². The summed E-state index contributed by atoms with van der Waals surface area (Å²) in [5.74, 6) is 0.249. The van der Waals surface area contributed by atoms with E-state index in [1.54, 1.807) is 0 Å². The molecule has 2 aliphatic heterocycles. The summed E-state index contributed by atoms with van der Waals surface area (Å²) in [6.07, 6.45) is 10.2. The highest BCUT2D eigenvalue weighted by molar-refractivity contribution is 5.78. The Balaban J connectivity index is 1.43. The topological polar surface area (TPSA) is 35.6 Å². The molecule has 4 nitrogen and oxygen atoms in total. The van der Waals surface area contributed by atoms with Crippen molar-refractivity contribution >= 4 is 5.91 Å². The standard InChI is InChI=1S/C16H29N3O/c20-16(17-14-6-1-2-7-14)13-18-9-5-8-15(12-18)19-10-3-4-11-19/h14-15H,1-13H2,(H,17,20)/t15-/m0/s1. The monoisotopic (exact) mass is 279 g/mol. The van der Waals surface area contributed by atoms with Crippen molar-refractivity contribution in [2.75, 3.05) is 32.7 Å². The molecule has 3 rings (SSSR count). The smallest absolute Gasteiger partial charge is 0.234 e. The van der Waals surface area contributed by atoms with Crippen molar-refractivity contribution < 1.29 is 4.79 Å². The second-order valence-corrected chi connectivity index (χ2v) is 6.82. The van der Waals surface area contributed by atoms with E-state index >= 15 is 0 Å². The molecule has 0 spiro atoms. The molecule has 0 aromatic rings. The molecule has 1 amide bonds. The third kappa shape index (κ3) is 3.73. The van der Waals surface area contributed by atoms with Crippen LogP contribution in [0.2, 0.25) is 0 Å². The molecular formula is C16H29N3O. The minimum Gasteiger partial charge on any atom is -0.352 e. The molecule has 0 aromatic carbocycles. The van der Waals surface area contributed by atoms with Gasteiger partial charge in [0, 0.05) is 18.6 Å². The van der Waals surface area contributed by atoms with Gasteiger partial charge in [0.15, 0.2) is 0 Å². The Hall–Kier alpha value is -0.610. The van der Waals surface area contributed by atoms with Gasteiger partial charge < -0.3 is 5.32 Å². The van der Waals surface area contributed by atoms with Crippen LogP contribution < -0.4 is 5.32 Å². The van der Waals surface area contributed by atoms with E-state index < -0.39 is 0 Å². The molecular weight excluding hydrogens is 250 g/mol. The Morgan fingerprint density at radius 1 is 0.950 bits per heavy atom. The van der Waals surface area contributed by atoms with Crippen molar-refractivity contribution in [2.45, 2.75) is 63.5 Å². The molecule has 1 atom stereocenters. The van der Waals surface area contributed by atoms with Crippen molar-refractivity contribution in [1.82, 2.24) is 15.1 Å². The fourth-order valence-corrected chi connectivity index (χ4v) is 4.13. The zero-order valence-corrected chi connectivity index (χ0v) is 12.6. The maximum Gasteiger partial charge on any atom is 0.234 e. The number of nitrogens with zero attached hydrogens (tertiary/aromatic N) is 2. The molecule has 114 valence electrons. The summed E-state index contributed by atoms with van der Waals surface area (Å²) in [7, 11) is 0. The number of carbonyl (C=O) groups excluding carboxylic acids is 1. The zero-order valence-electron chi connectivity index (χ0n) is 12.6. The van der Waals surface area contributed by atoms with Crippen molar-refractivity contribution in [2.24, 2.45) is 0 Å². The van der Waals surface area contributed by atoms with Crippen LogP contribution in [0.5, 0.6) is 0 Å². The number of hydrogen-bond donors (Lipinski definition) is 1. The summed E-state index contributed by atoms with van der Waals surface area (Å²) in [4.78, 5) is 17.1. The molecule has 0 aromatic heterocycles. The summed E-state index contributed by atoms with van der Waals surface area (Å²) in [6, 6.07) is 1.16. The van der Waals surface area contributed by atoms with Crippen LogP contribution in [0.1, 0.15) is 51.4 Å². The van der Waals surface area contributed by atoms with Crippen LogP contribution in [-0.2, 0) is 4.79 Å². The SMILES string of the molecule is O=C(CN1CCC[C@H](N2CCCC2)C1)NC1CCCC1. The average molecular weight is 279 g/mol. The molecule has 2 heterocycles. The third-order valence-electron chi connectivity index (χ3n) is 5.23. The Labute approximate surface area is 122 Å². The molecule has 1 aliphatic carbocycles. The molecule has 0 radical (unpaired) electrons. The van der Waals surface area contributed by atoms with Crippen molar-refractivity contribution in [1.29, 1.82) is 0 Å². The molecule has 2 saturated heterocycles. The second-order valence-electron chi connectivity index (χ2n) is 6.82. The van der Waals surface area contributed by atoms with Crippen LogP contribution in [0.25, 0.3) is 0 Å². The molecule has 20 heavy (non-hydrogen) atoms. The predicted molar refractivity (Wildman–Crippen MR) is 80.7 cm³/mol. The van der Waals surface area contributed by atoms with Gasteiger partial charge >= 0.3 is 0 Å².